The largest absolute Gasteiger partial charge is 0.385 e. The smallest absolute Gasteiger partial charge is 0.248 e. The van der Waals surface area contributed by atoms with Crippen molar-refractivity contribution in [2.24, 2.45) is 0 Å². The Morgan fingerprint density at radius 2 is 1.89 bits per heavy atom. The normalized spacial score (nSPS) is 17.0. The van der Waals surface area contributed by atoms with Gasteiger partial charge in [-0.25, -0.2) is 0 Å². The minimum Gasteiger partial charge on any atom is -0.385 e. The number of nitrogens with one attached hydrogen (secondary N) is 1. The molecule has 1 saturated heterocycles. The van der Waals surface area contributed by atoms with Gasteiger partial charge in [0, 0.05) is 47.0 Å². The summed E-state index contributed by atoms with van der Waals surface area (Å²) in [6.07, 6.45) is 0.824. The summed E-state index contributed by atoms with van der Waals surface area (Å²) in [5, 5.41) is 3.14. The van der Waals surface area contributed by atoms with Gasteiger partial charge in [0.15, 0.2) is 0 Å². The van der Waals surface area contributed by atoms with Gasteiger partial charge in [0.2, 0.25) is 5.91 Å². The molecule has 1 aliphatic rings. The Morgan fingerprint density at radius 1 is 1.21 bits per heavy atom. The molecule has 1 heterocycles. The van der Waals surface area contributed by atoms with Crippen molar-refractivity contribution in [3.05, 3.63) is 0 Å². The Labute approximate surface area is 115 Å². The van der Waals surface area contributed by atoms with Crippen LogP contribution < -0.4 is 5.32 Å². The van der Waals surface area contributed by atoms with E-state index in [1.54, 1.807) is 19.1 Å². The van der Waals surface area contributed by atoms with Crippen LogP contribution in [0.4, 0.5) is 0 Å². The zero-order valence-electron chi connectivity index (χ0n) is 12.2. The fraction of sp³-hybridized carbons (Fsp3) is 0.923. The van der Waals surface area contributed by atoms with E-state index in [1.807, 2.05) is 6.92 Å². The molecule has 0 aromatic carbocycles. The van der Waals surface area contributed by atoms with Crippen molar-refractivity contribution in [2.45, 2.75) is 18.9 Å². The Bertz CT molecular complexity index is 269. The fourth-order valence-electron chi connectivity index (χ4n) is 1.87. The van der Waals surface area contributed by atoms with E-state index >= 15 is 0 Å². The van der Waals surface area contributed by atoms with E-state index in [4.69, 9.17) is 14.2 Å². The summed E-state index contributed by atoms with van der Waals surface area (Å²) in [5.41, 5.74) is -0.185. The molecular weight excluding hydrogens is 248 g/mol. The van der Waals surface area contributed by atoms with E-state index in [-0.39, 0.29) is 18.1 Å². The van der Waals surface area contributed by atoms with Crippen LogP contribution in [0.15, 0.2) is 0 Å². The van der Waals surface area contributed by atoms with Gasteiger partial charge < -0.3 is 24.4 Å². The highest BCUT2D eigenvalue weighted by atomic mass is 16.5. The maximum absolute atomic E-state index is 12.1. The standard InChI is InChI=1S/C13H26N2O4/c1-13(10-14-11-13)19-9-12(16)15(6-8-18-3)5-4-7-17-2/h14H,4-11H2,1-3H3. The summed E-state index contributed by atoms with van der Waals surface area (Å²) in [4.78, 5) is 13.9. The second-order valence-corrected chi connectivity index (χ2v) is 5.06. The summed E-state index contributed by atoms with van der Waals surface area (Å²) >= 11 is 0. The van der Waals surface area contributed by atoms with Crippen LogP contribution in [0.25, 0.3) is 0 Å². The average molecular weight is 274 g/mol. The molecule has 0 saturated carbocycles. The number of carbonyl (C=O) groups is 1. The van der Waals surface area contributed by atoms with Crippen LogP contribution in [0.5, 0.6) is 0 Å². The van der Waals surface area contributed by atoms with Gasteiger partial charge in [-0.15, -0.1) is 0 Å². The van der Waals surface area contributed by atoms with Crippen molar-refractivity contribution in [2.75, 3.05) is 60.2 Å². The van der Waals surface area contributed by atoms with Gasteiger partial charge in [0.1, 0.15) is 6.61 Å². The second kappa shape index (κ2) is 8.47. The zero-order chi connectivity index (χ0) is 14.1. The molecule has 0 atom stereocenters. The van der Waals surface area contributed by atoms with E-state index < -0.39 is 0 Å². The SMILES string of the molecule is COCCCN(CCOC)C(=O)COC1(C)CNC1. The summed E-state index contributed by atoms with van der Waals surface area (Å²) in [7, 11) is 3.30. The molecule has 0 aromatic rings. The average Bonchev–Trinajstić information content (AvgIpc) is 2.37. The maximum Gasteiger partial charge on any atom is 0.248 e. The number of methoxy groups -OCH3 is 2. The molecule has 0 spiro atoms. The Hall–Kier alpha value is -0.690. The summed E-state index contributed by atoms with van der Waals surface area (Å²) in [6, 6.07) is 0. The zero-order valence-corrected chi connectivity index (χ0v) is 12.2. The van der Waals surface area contributed by atoms with Crippen molar-refractivity contribution in [3.8, 4) is 0 Å². The van der Waals surface area contributed by atoms with E-state index in [0.29, 0.717) is 26.3 Å². The number of rotatable bonds is 10. The van der Waals surface area contributed by atoms with Gasteiger partial charge in [-0.05, 0) is 13.3 Å². The second-order valence-electron chi connectivity index (χ2n) is 5.06. The van der Waals surface area contributed by atoms with Crippen molar-refractivity contribution in [3.63, 3.8) is 0 Å². The monoisotopic (exact) mass is 274 g/mol. The molecular formula is C13H26N2O4. The van der Waals surface area contributed by atoms with Crippen molar-refractivity contribution < 1.29 is 19.0 Å². The highest BCUT2D eigenvalue weighted by Crippen LogP contribution is 2.15. The molecule has 1 aliphatic heterocycles. The van der Waals surface area contributed by atoms with Crippen molar-refractivity contribution >= 4 is 5.91 Å². The molecule has 1 rings (SSSR count). The number of hydrogen-bond donors (Lipinski definition) is 1. The summed E-state index contributed by atoms with van der Waals surface area (Å²) in [5.74, 6) is 0.0151. The highest BCUT2D eigenvalue weighted by Gasteiger charge is 2.33. The molecule has 0 radical (unpaired) electrons. The number of nitrogens with zero attached hydrogens (tertiary/aromatic N) is 1. The Balaban J connectivity index is 2.31. The number of carbonyl (C=O) groups excluding carboxylic acids is 1. The van der Waals surface area contributed by atoms with Crippen molar-refractivity contribution in [1.29, 1.82) is 0 Å². The number of ether oxygens (including phenoxy) is 3. The van der Waals surface area contributed by atoms with Gasteiger partial charge in [-0.3, -0.25) is 4.79 Å². The molecule has 0 aromatic heterocycles. The quantitative estimate of drug-likeness (QED) is 0.563. The van der Waals surface area contributed by atoms with Crippen LogP contribution in [0, 0.1) is 0 Å². The van der Waals surface area contributed by atoms with Gasteiger partial charge in [0.25, 0.3) is 0 Å². The maximum atomic E-state index is 12.1. The Kier molecular flexibility index (Phi) is 7.30. The fourth-order valence-corrected chi connectivity index (χ4v) is 1.87. The molecule has 19 heavy (non-hydrogen) atoms. The van der Waals surface area contributed by atoms with Crippen LogP contribution >= 0.6 is 0 Å². The van der Waals surface area contributed by atoms with Gasteiger partial charge in [0.05, 0.1) is 12.2 Å². The molecule has 6 heteroatoms. The topological polar surface area (TPSA) is 60.0 Å². The van der Waals surface area contributed by atoms with E-state index in [2.05, 4.69) is 5.32 Å². The lowest BCUT2D eigenvalue weighted by atomic mass is 10.0. The molecule has 6 nitrogen and oxygen atoms in total. The van der Waals surface area contributed by atoms with E-state index in [0.717, 1.165) is 19.5 Å². The van der Waals surface area contributed by atoms with Gasteiger partial charge in [-0.2, -0.15) is 0 Å². The highest BCUT2D eigenvalue weighted by molar-refractivity contribution is 5.77. The van der Waals surface area contributed by atoms with Crippen LogP contribution in [-0.2, 0) is 19.0 Å². The first-order chi connectivity index (χ1) is 9.11. The van der Waals surface area contributed by atoms with Gasteiger partial charge >= 0.3 is 0 Å². The lowest BCUT2D eigenvalue weighted by Crippen LogP contribution is -2.59. The third-order valence-corrected chi connectivity index (χ3v) is 3.24. The van der Waals surface area contributed by atoms with Crippen LogP contribution in [0.1, 0.15) is 13.3 Å². The molecule has 1 amide bonds. The number of amides is 1. The van der Waals surface area contributed by atoms with Crippen molar-refractivity contribution in [1.82, 2.24) is 10.2 Å². The molecule has 1 fully saturated rings. The molecule has 0 unspecified atom stereocenters. The molecule has 0 aliphatic carbocycles. The lowest BCUT2D eigenvalue weighted by Gasteiger charge is -2.39. The Morgan fingerprint density at radius 3 is 2.42 bits per heavy atom. The van der Waals surface area contributed by atoms with Crippen LogP contribution in [0.2, 0.25) is 0 Å². The first-order valence-corrected chi connectivity index (χ1v) is 6.71. The molecule has 1 N–H and O–H groups in total. The molecule has 0 bridgehead atoms. The third-order valence-electron chi connectivity index (χ3n) is 3.24. The predicted molar refractivity (Wildman–Crippen MR) is 72.2 cm³/mol. The predicted octanol–water partition coefficient (Wildman–Crippen LogP) is -0.124. The summed E-state index contributed by atoms with van der Waals surface area (Å²) < 4.78 is 15.7. The minimum atomic E-state index is -0.185. The van der Waals surface area contributed by atoms with Gasteiger partial charge in [-0.1, -0.05) is 0 Å². The number of hydrogen-bond acceptors (Lipinski definition) is 5. The molecule has 112 valence electrons. The lowest BCUT2D eigenvalue weighted by molar-refractivity contribution is -0.146. The van der Waals surface area contributed by atoms with Crippen LogP contribution in [0.3, 0.4) is 0 Å². The van der Waals surface area contributed by atoms with E-state index in [9.17, 15) is 4.79 Å². The first-order valence-electron chi connectivity index (χ1n) is 6.71. The summed E-state index contributed by atoms with van der Waals surface area (Å²) in [6.45, 7) is 6.22. The van der Waals surface area contributed by atoms with E-state index in [1.165, 1.54) is 0 Å². The van der Waals surface area contributed by atoms with Crippen LogP contribution in [-0.4, -0.2) is 76.6 Å². The third kappa shape index (κ3) is 5.86. The minimum absolute atomic E-state index is 0.0151. The first kappa shape index (κ1) is 16.4.